The Morgan fingerprint density at radius 2 is 1.81 bits per heavy atom. The fourth-order valence-electron chi connectivity index (χ4n) is 1.64. The minimum absolute atomic E-state index is 0.0253. The molecule has 3 nitrogen and oxygen atoms in total. The van der Waals surface area contributed by atoms with Crippen molar-refractivity contribution in [3.63, 3.8) is 0 Å². The molecule has 0 saturated heterocycles. The van der Waals surface area contributed by atoms with Gasteiger partial charge in [-0.1, -0.05) is 44.1 Å². The lowest BCUT2D eigenvalue weighted by Crippen LogP contribution is -2.12. The summed E-state index contributed by atoms with van der Waals surface area (Å²) in [5, 5.41) is 7.64. The van der Waals surface area contributed by atoms with Gasteiger partial charge < -0.3 is 4.42 Å². The van der Waals surface area contributed by atoms with Crippen LogP contribution in [0.2, 0.25) is 5.35 Å². The lowest BCUT2D eigenvalue weighted by Gasteiger charge is -2.21. The molecule has 0 aliphatic carbocycles. The Labute approximate surface area is 99.5 Å². The van der Waals surface area contributed by atoms with Gasteiger partial charge in [0.2, 0.25) is 5.89 Å². The molecule has 2 rings (SSSR count). The Balaban J connectivity index is 2.57. The number of hydrogen-bond donors (Lipinski definition) is 0. The van der Waals surface area contributed by atoms with Crippen LogP contribution in [0.15, 0.2) is 28.7 Å². The van der Waals surface area contributed by atoms with E-state index in [1.54, 1.807) is 0 Å². The molecule has 84 valence electrons. The zero-order valence-corrected chi connectivity index (χ0v) is 10.2. The highest BCUT2D eigenvalue weighted by Gasteiger charge is 2.20. The van der Waals surface area contributed by atoms with Gasteiger partial charge in [0.1, 0.15) is 0 Å². The summed E-state index contributed by atoms with van der Waals surface area (Å²) >= 11 is 5.64. The van der Waals surface area contributed by atoms with E-state index in [1.807, 2.05) is 18.2 Å². The van der Waals surface area contributed by atoms with E-state index in [0.29, 0.717) is 5.89 Å². The average molecular weight is 237 g/mol. The smallest absolute Gasteiger partial charge is 0.313 e. The predicted molar refractivity (Wildman–Crippen MR) is 63.4 cm³/mol. The van der Waals surface area contributed by atoms with Crippen LogP contribution in [-0.4, -0.2) is 10.2 Å². The maximum Gasteiger partial charge on any atom is 0.313 e. The second-order valence-corrected chi connectivity index (χ2v) is 4.98. The summed E-state index contributed by atoms with van der Waals surface area (Å²) < 4.78 is 5.25. The minimum atomic E-state index is 0.0253. The summed E-state index contributed by atoms with van der Waals surface area (Å²) in [5.41, 5.74) is 2.13. The van der Waals surface area contributed by atoms with Gasteiger partial charge in [-0.15, -0.1) is 5.10 Å². The third-order valence-corrected chi connectivity index (χ3v) is 2.52. The molecule has 0 fully saturated rings. The van der Waals surface area contributed by atoms with Crippen molar-refractivity contribution in [2.45, 2.75) is 26.2 Å². The van der Waals surface area contributed by atoms with Gasteiger partial charge in [0, 0.05) is 5.56 Å². The first-order valence-electron chi connectivity index (χ1n) is 5.07. The zero-order valence-electron chi connectivity index (χ0n) is 9.49. The Kier molecular flexibility index (Phi) is 2.72. The molecule has 0 aliphatic rings. The van der Waals surface area contributed by atoms with Gasteiger partial charge in [-0.3, -0.25) is 0 Å². The summed E-state index contributed by atoms with van der Waals surface area (Å²) in [4.78, 5) is 0. The highest BCUT2D eigenvalue weighted by molar-refractivity contribution is 6.27. The van der Waals surface area contributed by atoms with E-state index in [0.717, 1.165) is 11.1 Å². The van der Waals surface area contributed by atoms with Gasteiger partial charge in [0.25, 0.3) is 0 Å². The summed E-state index contributed by atoms with van der Waals surface area (Å²) in [6.45, 7) is 6.43. The fourth-order valence-corrected chi connectivity index (χ4v) is 1.75. The van der Waals surface area contributed by atoms with Crippen LogP contribution in [0.25, 0.3) is 11.5 Å². The van der Waals surface area contributed by atoms with Crippen LogP contribution in [0.5, 0.6) is 0 Å². The predicted octanol–water partition coefficient (Wildman–Crippen LogP) is 3.69. The standard InChI is InChI=1S/C12H13ClN2O/c1-12(2,3)9-7-5-4-6-8(9)10-14-15-11(13)16-10/h4-7H,1-3H3. The molecule has 2 aromatic rings. The van der Waals surface area contributed by atoms with Crippen molar-refractivity contribution in [3.05, 3.63) is 35.2 Å². The van der Waals surface area contributed by atoms with Gasteiger partial charge in [-0.25, -0.2) is 0 Å². The van der Waals surface area contributed by atoms with Crippen LogP contribution < -0.4 is 0 Å². The van der Waals surface area contributed by atoms with Crippen LogP contribution in [0, 0.1) is 0 Å². The van der Waals surface area contributed by atoms with Crippen LogP contribution in [0.3, 0.4) is 0 Å². The van der Waals surface area contributed by atoms with E-state index in [-0.39, 0.29) is 10.8 Å². The van der Waals surface area contributed by atoms with Crippen LogP contribution in [-0.2, 0) is 5.41 Å². The second-order valence-electron chi connectivity index (χ2n) is 4.66. The van der Waals surface area contributed by atoms with Gasteiger partial charge in [0.05, 0.1) is 0 Å². The van der Waals surface area contributed by atoms with Crippen LogP contribution in [0.1, 0.15) is 26.3 Å². The van der Waals surface area contributed by atoms with Crippen LogP contribution >= 0.6 is 11.6 Å². The highest BCUT2D eigenvalue weighted by Crippen LogP contribution is 2.32. The highest BCUT2D eigenvalue weighted by atomic mass is 35.5. The normalized spacial score (nSPS) is 11.8. The molecule has 0 spiro atoms. The van der Waals surface area contributed by atoms with Gasteiger partial charge in [0.15, 0.2) is 0 Å². The molecule has 16 heavy (non-hydrogen) atoms. The van der Waals surface area contributed by atoms with E-state index in [4.69, 9.17) is 16.0 Å². The molecule has 1 heterocycles. The van der Waals surface area contributed by atoms with E-state index in [1.165, 1.54) is 0 Å². The summed E-state index contributed by atoms with van der Waals surface area (Å²) in [5.74, 6) is 0.468. The minimum Gasteiger partial charge on any atom is -0.407 e. The zero-order chi connectivity index (χ0) is 11.8. The van der Waals surface area contributed by atoms with Gasteiger partial charge >= 0.3 is 5.35 Å². The molecule has 0 unspecified atom stereocenters. The average Bonchev–Trinajstić information content (AvgIpc) is 2.64. The molecule has 0 atom stereocenters. The summed E-state index contributed by atoms with van der Waals surface area (Å²) in [6.07, 6.45) is 0. The number of aromatic nitrogens is 2. The van der Waals surface area contributed by atoms with Crippen molar-refractivity contribution in [2.24, 2.45) is 0 Å². The third-order valence-electron chi connectivity index (χ3n) is 2.37. The molecular formula is C12H13ClN2O. The van der Waals surface area contributed by atoms with Gasteiger partial charge in [-0.2, -0.15) is 0 Å². The van der Waals surface area contributed by atoms with Crippen molar-refractivity contribution in [3.8, 4) is 11.5 Å². The molecule has 0 saturated carbocycles. The first-order valence-corrected chi connectivity index (χ1v) is 5.45. The number of hydrogen-bond acceptors (Lipinski definition) is 3. The second kappa shape index (κ2) is 3.91. The largest absolute Gasteiger partial charge is 0.407 e. The number of nitrogens with zero attached hydrogens (tertiary/aromatic N) is 2. The molecule has 0 aliphatic heterocycles. The monoisotopic (exact) mass is 236 g/mol. The third kappa shape index (κ3) is 2.09. The molecule has 0 bridgehead atoms. The van der Waals surface area contributed by atoms with Crippen molar-refractivity contribution in [1.82, 2.24) is 10.2 Å². The Hall–Kier alpha value is -1.35. The van der Waals surface area contributed by atoms with Crippen molar-refractivity contribution >= 4 is 11.6 Å². The van der Waals surface area contributed by atoms with E-state index < -0.39 is 0 Å². The molecule has 0 radical (unpaired) electrons. The van der Waals surface area contributed by atoms with E-state index in [2.05, 4.69) is 37.0 Å². The molecular weight excluding hydrogens is 224 g/mol. The lowest BCUT2D eigenvalue weighted by molar-refractivity contribution is 0.558. The Bertz CT molecular complexity index is 500. The number of halogens is 1. The van der Waals surface area contributed by atoms with Crippen molar-refractivity contribution in [1.29, 1.82) is 0 Å². The molecule has 0 N–H and O–H groups in total. The molecule has 0 amide bonds. The van der Waals surface area contributed by atoms with Crippen LogP contribution in [0.4, 0.5) is 0 Å². The van der Waals surface area contributed by atoms with Crippen molar-refractivity contribution in [2.75, 3.05) is 0 Å². The van der Waals surface area contributed by atoms with Gasteiger partial charge in [-0.05, 0) is 28.6 Å². The molecule has 4 heteroatoms. The Morgan fingerprint density at radius 1 is 1.12 bits per heavy atom. The van der Waals surface area contributed by atoms with E-state index >= 15 is 0 Å². The fraction of sp³-hybridized carbons (Fsp3) is 0.333. The SMILES string of the molecule is CC(C)(C)c1ccccc1-c1nnc(Cl)o1. The summed E-state index contributed by atoms with van der Waals surface area (Å²) in [7, 11) is 0. The first-order chi connectivity index (χ1) is 7.48. The lowest BCUT2D eigenvalue weighted by atomic mass is 9.84. The maximum atomic E-state index is 5.64. The maximum absolute atomic E-state index is 5.64. The first kappa shape index (κ1) is 11.1. The van der Waals surface area contributed by atoms with Crippen molar-refractivity contribution < 1.29 is 4.42 Å². The molecule has 1 aromatic carbocycles. The topological polar surface area (TPSA) is 38.9 Å². The summed E-state index contributed by atoms with van der Waals surface area (Å²) in [6, 6.07) is 7.97. The number of rotatable bonds is 1. The number of benzene rings is 1. The molecule has 1 aromatic heterocycles. The quantitative estimate of drug-likeness (QED) is 0.758. The Morgan fingerprint density at radius 3 is 2.38 bits per heavy atom. The van der Waals surface area contributed by atoms with E-state index in [9.17, 15) is 0 Å².